The first kappa shape index (κ1) is 13.0. The molecule has 1 atom stereocenters. The molecule has 0 saturated carbocycles. The summed E-state index contributed by atoms with van der Waals surface area (Å²) in [5.41, 5.74) is 4.72. The van der Waals surface area contributed by atoms with Crippen LogP contribution in [0.3, 0.4) is 0 Å². The molecule has 4 rings (SSSR count). The second-order valence-corrected chi connectivity index (χ2v) is 5.63. The maximum atomic E-state index is 12.2. The van der Waals surface area contributed by atoms with E-state index in [0.717, 1.165) is 22.2 Å². The van der Waals surface area contributed by atoms with Gasteiger partial charge in [0.25, 0.3) is 0 Å². The summed E-state index contributed by atoms with van der Waals surface area (Å²) in [6.07, 6.45) is -0.448. The number of esters is 1. The van der Waals surface area contributed by atoms with Crippen molar-refractivity contribution in [2.24, 2.45) is 7.05 Å². The third kappa shape index (κ3) is 1.80. The fraction of sp³-hybridized carbons (Fsp3) is 0.167. The highest BCUT2D eigenvalue weighted by atomic mass is 16.6. The van der Waals surface area contributed by atoms with Gasteiger partial charge in [0, 0.05) is 23.6 Å². The molecule has 1 aliphatic heterocycles. The summed E-state index contributed by atoms with van der Waals surface area (Å²) in [6, 6.07) is 16.0. The SMILES string of the molecule is Cc1ccc(N[C@H]2OC(=O)c3c2c2ccccc2n3C)cc1. The Morgan fingerprint density at radius 2 is 1.82 bits per heavy atom. The molecule has 3 aromatic rings. The smallest absolute Gasteiger partial charge is 0.357 e. The standard InChI is InChI=1S/C18H16N2O2/c1-11-7-9-12(10-8-11)19-17-15-13-5-3-4-6-14(13)20(2)16(15)18(21)22-17/h3-10,17,19H,1-2H3/t17-/m0/s1. The highest BCUT2D eigenvalue weighted by Crippen LogP contribution is 2.38. The molecule has 1 N–H and O–H groups in total. The van der Waals surface area contributed by atoms with Crippen molar-refractivity contribution in [3.05, 3.63) is 65.4 Å². The lowest BCUT2D eigenvalue weighted by molar-refractivity contribution is 0.0431. The Balaban J connectivity index is 1.81. The van der Waals surface area contributed by atoms with Gasteiger partial charge in [-0.05, 0) is 25.1 Å². The van der Waals surface area contributed by atoms with Crippen LogP contribution in [-0.2, 0) is 11.8 Å². The second kappa shape index (κ2) is 4.63. The monoisotopic (exact) mass is 292 g/mol. The van der Waals surface area contributed by atoms with Crippen molar-refractivity contribution in [3.8, 4) is 0 Å². The molecule has 0 saturated heterocycles. The van der Waals surface area contributed by atoms with E-state index >= 15 is 0 Å². The minimum absolute atomic E-state index is 0.279. The minimum Gasteiger partial charge on any atom is -0.433 e. The van der Waals surface area contributed by atoms with Crippen LogP contribution in [-0.4, -0.2) is 10.5 Å². The number of rotatable bonds is 2. The Kier molecular flexibility index (Phi) is 2.73. The van der Waals surface area contributed by atoms with Gasteiger partial charge in [0.1, 0.15) is 5.69 Å². The zero-order chi connectivity index (χ0) is 15.3. The largest absolute Gasteiger partial charge is 0.433 e. The van der Waals surface area contributed by atoms with E-state index in [9.17, 15) is 4.79 Å². The van der Waals surface area contributed by atoms with Crippen molar-refractivity contribution in [2.75, 3.05) is 5.32 Å². The van der Waals surface area contributed by atoms with Crippen molar-refractivity contribution in [2.45, 2.75) is 13.2 Å². The molecule has 2 aromatic carbocycles. The summed E-state index contributed by atoms with van der Waals surface area (Å²) < 4.78 is 7.43. The number of hydrogen-bond donors (Lipinski definition) is 1. The quantitative estimate of drug-likeness (QED) is 0.731. The van der Waals surface area contributed by atoms with Crippen LogP contribution in [0.1, 0.15) is 27.8 Å². The first-order valence-electron chi connectivity index (χ1n) is 7.26. The number of para-hydroxylation sites is 1. The fourth-order valence-corrected chi connectivity index (χ4v) is 3.06. The number of benzene rings is 2. The van der Waals surface area contributed by atoms with Crippen LogP contribution in [0.15, 0.2) is 48.5 Å². The predicted molar refractivity (Wildman–Crippen MR) is 85.9 cm³/mol. The molecule has 1 aromatic heterocycles. The molecule has 22 heavy (non-hydrogen) atoms. The number of hydrogen-bond acceptors (Lipinski definition) is 3. The summed E-state index contributed by atoms with van der Waals surface area (Å²) in [5, 5.41) is 4.36. The van der Waals surface area contributed by atoms with Gasteiger partial charge in [-0.3, -0.25) is 0 Å². The van der Waals surface area contributed by atoms with Crippen LogP contribution in [0.2, 0.25) is 0 Å². The number of fused-ring (bicyclic) bond motifs is 3. The molecule has 0 radical (unpaired) electrons. The van der Waals surface area contributed by atoms with Crippen molar-refractivity contribution < 1.29 is 9.53 Å². The van der Waals surface area contributed by atoms with Gasteiger partial charge in [-0.1, -0.05) is 35.9 Å². The summed E-state index contributed by atoms with van der Waals surface area (Å²) >= 11 is 0. The molecule has 1 aliphatic rings. The van der Waals surface area contributed by atoms with Crippen LogP contribution in [0, 0.1) is 6.92 Å². The van der Waals surface area contributed by atoms with Crippen molar-refractivity contribution >= 4 is 22.6 Å². The van der Waals surface area contributed by atoms with Crippen LogP contribution in [0.25, 0.3) is 10.9 Å². The Morgan fingerprint density at radius 1 is 1.09 bits per heavy atom. The van der Waals surface area contributed by atoms with E-state index in [1.165, 1.54) is 5.56 Å². The number of carbonyl (C=O) groups is 1. The van der Waals surface area contributed by atoms with E-state index < -0.39 is 6.23 Å². The lowest BCUT2D eigenvalue weighted by Crippen LogP contribution is -2.11. The molecule has 0 unspecified atom stereocenters. The van der Waals surface area contributed by atoms with Crippen LogP contribution in [0.4, 0.5) is 5.69 Å². The van der Waals surface area contributed by atoms with Gasteiger partial charge in [-0.2, -0.15) is 0 Å². The molecule has 2 heterocycles. The lowest BCUT2D eigenvalue weighted by atomic mass is 10.1. The maximum Gasteiger partial charge on any atom is 0.357 e. The summed E-state index contributed by atoms with van der Waals surface area (Å²) in [5.74, 6) is -0.279. The predicted octanol–water partition coefficient (Wildman–Crippen LogP) is 3.77. The van der Waals surface area contributed by atoms with Gasteiger partial charge >= 0.3 is 5.97 Å². The van der Waals surface area contributed by atoms with E-state index in [1.54, 1.807) is 0 Å². The van der Waals surface area contributed by atoms with Crippen LogP contribution in [0.5, 0.6) is 0 Å². The third-order valence-corrected chi connectivity index (χ3v) is 4.18. The summed E-state index contributed by atoms with van der Waals surface area (Å²) in [4.78, 5) is 12.2. The van der Waals surface area contributed by atoms with Gasteiger partial charge in [-0.25, -0.2) is 4.79 Å². The zero-order valence-electron chi connectivity index (χ0n) is 12.5. The van der Waals surface area contributed by atoms with Gasteiger partial charge in [-0.15, -0.1) is 0 Å². The highest BCUT2D eigenvalue weighted by Gasteiger charge is 2.36. The molecule has 0 spiro atoms. The molecular weight excluding hydrogens is 276 g/mol. The number of nitrogens with one attached hydrogen (secondary N) is 1. The number of carbonyl (C=O) groups excluding carboxylic acids is 1. The normalized spacial score (nSPS) is 16.6. The second-order valence-electron chi connectivity index (χ2n) is 5.63. The number of anilines is 1. The Morgan fingerprint density at radius 3 is 2.59 bits per heavy atom. The number of ether oxygens (including phenoxy) is 1. The topological polar surface area (TPSA) is 43.3 Å². The maximum absolute atomic E-state index is 12.2. The molecule has 110 valence electrons. The minimum atomic E-state index is -0.448. The first-order valence-corrected chi connectivity index (χ1v) is 7.26. The molecule has 0 fully saturated rings. The van der Waals surface area contributed by atoms with Gasteiger partial charge in [0.15, 0.2) is 0 Å². The van der Waals surface area contributed by atoms with E-state index in [-0.39, 0.29) is 5.97 Å². The van der Waals surface area contributed by atoms with E-state index in [2.05, 4.69) is 5.32 Å². The summed E-state index contributed by atoms with van der Waals surface area (Å²) in [6.45, 7) is 2.04. The number of aryl methyl sites for hydroxylation is 2. The molecular formula is C18H16N2O2. The van der Waals surface area contributed by atoms with Crippen LogP contribution < -0.4 is 5.32 Å². The fourth-order valence-electron chi connectivity index (χ4n) is 3.06. The van der Waals surface area contributed by atoms with Gasteiger partial charge in [0.05, 0.1) is 5.56 Å². The van der Waals surface area contributed by atoms with Crippen molar-refractivity contribution in [3.63, 3.8) is 0 Å². The van der Waals surface area contributed by atoms with Crippen molar-refractivity contribution in [1.82, 2.24) is 4.57 Å². The molecule has 4 heteroatoms. The Labute approximate surface area is 128 Å². The Hall–Kier alpha value is -2.75. The molecule has 0 amide bonds. The summed E-state index contributed by atoms with van der Waals surface area (Å²) in [7, 11) is 1.90. The van der Waals surface area contributed by atoms with E-state index in [1.807, 2.05) is 67.1 Å². The number of nitrogens with zero attached hydrogens (tertiary/aromatic N) is 1. The van der Waals surface area contributed by atoms with Gasteiger partial charge < -0.3 is 14.6 Å². The number of aromatic nitrogens is 1. The molecule has 0 bridgehead atoms. The molecule has 4 nitrogen and oxygen atoms in total. The van der Waals surface area contributed by atoms with Gasteiger partial charge in [0.2, 0.25) is 6.23 Å². The number of cyclic esters (lactones) is 1. The van der Waals surface area contributed by atoms with E-state index in [4.69, 9.17) is 4.74 Å². The zero-order valence-corrected chi connectivity index (χ0v) is 12.5. The Bertz CT molecular complexity index is 878. The van der Waals surface area contributed by atoms with Crippen molar-refractivity contribution in [1.29, 1.82) is 0 Å². The average Bonchev–Trinajstić information content (AvgIpc) is 3.00. The first-order chi connectivity index (χ1) is 10.6. The average molecular weight is 292 g/mol. The third-order valence-electron chi connectivity index (χ3n) is 4.18. The van der Waals surface area contributed by atoms with E-state index in [0.29, 0.717) is 5.69 Å². The molecule has 0 aliphatic carbocycles. The lowest BCUT2D eigenvalue weighted by Gasteiger charge is -2.14. The highest BCUT2D eigenvalue weighted by molar-refractivity contribution is 6.02. The van der Waals surface area contributed by atoms with Crippen LogP contribution >= 0.6 is 0 Å².